The molecule has 0 radical (unpaired) electrons. The number of carbonyl (C=O) groups excluding carboxylic acids is 3. The van der Waals surface area contributed by atoms with Gasteiger partial charge in [-0.1, -0.05) is 18.2 Å². The van der Waals surface area contributed by atoms with Crippen molar-refractivity contribution in [1.29, 1.82) is 0 Å². The third kappa shape index (κ3) is 4.15. The zero-order valence-corrected chi connectivity index (χ0v) is 15.2. The Hall–Kier alpha value is -2.57. The molecule has 1 aromatic carbocycles. The lowest BCUT2D eigenvalue weighted by Gasteiger charge is -2.36. The van der Waals surface area contributed by atoms with Gasteiger partial charge >= 0.3 is 0 Å². The second kappa shape index (κ2) is 8.21. The quantitative estimate of drug-likeness (QED) is 0.823. The second-order valence-electron chi connectivity index (χ2n) is 6.75. The first-order chi connectivity index (χ1) is 12.6. The van der Waals surface area contributed by atoms with Gasteiger partial charge in [0.2, 0.25) is 17.7 Å². The van der Waals surface area contributed by atoms with Crippen molar-refractivity contribution in [3.8, 4) is 0 Å². The van der Waals surface area contributed by atoms with Gasteiger partial charge in [0.15, 0.2) is 0 Å². The maximum Gasteiger partial charge on any atom is 0.242 e. The fourth-order valence-electron chi connectivity index (χ4n) is 3.53. The van der Waals surface area contributed by atoms with Crippen molar-refractivity contribution in [3.63, 3.8) is 0 Å². The number of hydrogen-bond acceptors (Lipinski definition) is 4. The molecular formula is C19H26N4O3. The van der Waals surface area contributed by atoms with Gasteiger partial charge < -0.3 is 20.0 Å². The molecule has 1 aromatic rings. The standard InChI is InChI=1S/C19H26N4O3/c1-2-21-14-15(12-17(21)24)19(26)20-13-18(25)23-10-8-22(9-11-23)16-6-4-3-5-7-16/h3-7,15H,2,8-14H2,1H3,(H,20,26)/t15-/m0/s1. The Morgan fingerprint density at radius 3 is 2.42 bits per heavy atom. The Labute approximate surface area is 153 Å². The molecule has 0 bridgehead atoms. The van der Waals surface area contributed by atoms with E-state index in [1.54, 1.807) is 9.80 Å². The SMILES string of the molecule is CCN1C[C@@H](C(=O)NCC(=O)N2CCN(c3ccccc3)CC2)CC1=O. The fourth-order valence-corrected chi connectivity index (χ4v) is 3.53. The number of para-hydroxylation sites is 1. The average Bonchev–Trinajstić information content (AvgIpc) is 3.07. The van der Waals surface area contributed by atoms with Crippen molar-refractivity contribution in [2.45, 2.75) is 13.3 Å². The van der Waals surface area contributed by atoms with Crippen LogP contribution in [0.15, 0.2) is 30.3 Å². The summed E-state index contributed by atoms with van der Waals surface area (Å²) in [4.78, 5) is 42.0. The van der Waals surface area contributed by atoms with Crippen LogP contribution < -0.4 is 10.2 Å². The van der Waals surface area contributed by atoms with Crippen LogP contribution in [-0.4, -0.2) is 73.3 Å². The zero-order chi connectivity index (χ0) is 18.5. The third-order valence-electron chi connectivity index (χ3n) is 5.13. The Kier molecular flexibility index (Phi) is 5.75. The van der Waals surface area contributed by atoms with Crippen LogP contribution in [0.25, 0.3) is 0 Å². The summed E-state index contributed by atoms with van der Waals surface area (Å²) >= 11 is 0. The summed E-state index contributed by atoms with van der Waals surface area (Å²) in [6, 6.07) is 10.1. The Morgan fingerprint density at radius 1 is 1.12 bits per heavy atom. The normalized spacial score (nSPS) is 20.4. The van der Waals surface area contributed by atoms with Crippen molar-refractivity contribution < 1.29 is 14.4 Å². The molecule has 0 aliphatic carbocycles. The molecule has 7 nitrogen and oxygen atoms in total. The molecule has 3 rings (SSSR count). The van der Waals surface area contributed by atoms with E-state index >= 15 is 0 Å². The third-order valence-corrected chi connectivity index (χ3v) is 5.13. The first-order valence-electron chi connectivity index (χ1n) is 9.21. The second-order valence-corrected chi connectivity index (χ2v) is 6.75. The molecule has 0 aromatic heterocycles. The van der Waals surface area contributed by atoms with E-state index in [0.29, 0.717) is 26.2 Å². The van der Waals surface area contributed by atoms with Crippen molar-refractivity contribution in [1.82, 2.24) is 15.1 Å². The van der Waals surface area contributed by atoms with Gasteiger partial charge in [-0.2, -0.15) is 0 Å². The van der Waals surface area contributed by atoms with Crippen LogP contribution in [0, 0.1) is 5.92 Å². The first-order valence-corrected chi connectivity index (χ1v) is 9.21. The highest BCUT2D eigenvalue weighted by atomic mass is 16.2. The van der Waals surface area contributed by atoms with Gasteiger partial charge in [-0.3, -0.25) is 14.4 Å². The minimum Gasteiger partial charge on any atom is -0.368 e. The van der Waals surface area contributed by atoms with Crippen LogP contribution >= 0.6 is 0 Å². The van der Waals surface area contributed by atoms with Crippen molar-refractivity contribution >= 4 is 23.4 Å². The number of likely N-dealkylation sites (tertiary alicyclic amines) is 1. The molecule has 2 fully saturated rings. The van der Waals surface area contributed by atoms with E-state index < -0.39 is 0 Å². The maximum atomic E-state index is 12.4. The minimum absolute atomic E-state index is 0.000978. The van der Waals surface area contributed by atoms with Gasteiger partial charge in [0, 0.05) is 51.4 Å². The van der Waals surface area contributed by atoms with Crippen LogP contribution in [0.5, 0.6) is 0 Å². The summed E-state index contributed by atoms with van der Waals surface area (Å²) in [5, 5.41) is 2.71. The van der Waals surface area contributed by atoms with Gasteiger partial charge in [0.05, 0.1) is 12.5 Å². The van der Waals surface area contributed by atoms with Gasteiger partial charge in [-0.15, -0.1) is 0 Å². The molecule has 2 aliphatic heterocycles. The van der Waals surface area contributed by atoms with Crippen LogP contribution in [0.2, 0.25) is 0 Å². The van der Waals surface area contributed by atoms with Gasteiger partial charge in [-0.25, -0.2) is 0 Å². The molecule has 3 amide bonds. The lowest BCUT2D eigenvalue weighted by atomic mass is 10.1. The summed E-state index contributed by atoms with van der Waals surface area (Å²) in [7, 11) is 0. The van der Waals surface area contributed by atoms with Crippen molar-refractivity contribution in [2.24, 2.45) is 5.92 Å². The van der Waals surface area contributed by atoms with E-state index in [4.69, 9.17) is 0 Å². The number of rotatable bonds is 5. The van der Waals surface area contributed by atoms with Gasteiger partial charge in [-0.05, 0) is 19.1 Å². The van der Waals surface area contributed by atoms with E-state index in [-0.39, 0.29) is 36.6 Å². The molecule has 1 N–H and O–H groups in total. The molecule has 0 saturated carbocycles. The number of piperazine rings is 1. The highest BCUT2D eigenvalue weighted by Gasteiger charge is 2.33. The number of amides is 3. The fraction of sp³-hybridized carbons (Fsp3) is 0.526. The summed E-state index contributed by atoms with van der Waals surface area (Å²) in [6.45, 7) is 5.83. The summed E-state index contributed by atoms with van der Waals surface area (Å²) in [6.07, 6.45) is 0.240. The monoisotopic (exact) mass is 358 g/mol. The van der Waals surface area contributed by atoms with Crippen molar-refractivity contribution in [3.05, 3.63) is 30.3 Å². The highest BCUT2D eigenvalue weighted by Crippen LogP contribution is 2.18. The smallest absolute Gasteiger partial charge is 0.242 e. The predicted molar refractivity (Wildman–Crippen MR) is 98.6 cm³/mol. The van der Waals surface area contributed by atoms with E-state index in [0.717, 1.165) is 13.1 Å². The predicted octanol–water partition coefficient (Wildman–Crippen LogP) is 0.320. The molecule has 2 heterocycles. The number of hydrogen-bond donors (Lipinski definition) is 1. The van der Waals surface area contributed by atoms with Crippen LogP contribution in [0.1, 0.15) is 13.3 Å². The minimum atomic E-state index is -0.342. The van der Waals surface area contributed by atoms with Crippen LogP contribution in [0.4, 0.5) is 5.69 Å². The van der Waals surface area contributed by atoms with Crippen LogP contribution in [-0.2, 0) is 14.4 Å². The van der Waals surface area contributed by atoms with Crippen molar-refractivity contribution in [2.75, 3.05) is 50.7 Å². The molecular weight excluding hydrogens is 332 g/mol. The number of benzene rings is 1. The molecule has 26 heavy (non-hydrogen) atoms. The number of anilines is 1. The zero-order valence-electron chi connectivity index (χ0n) is 15.2. The molecule has 7 heteroatoms. The molecule has 140 valence electrons. The summed E-state index contributed by atoms with van der Waals surface area (Å²) < 4.78 is 0. The average molecular weight is 358 g/mol. The van der Waals surface area contributed by atoms with E-state index in [2.05, 4.69) is 22.3 Å². The summed E-state index contributed by atoms with van der Waals surface area (Å²) in [5.41, 5.74) is 1.17. The van der Waals surface area contributed by atoms with Crippen LogP contribution in [0.3, 0.4) is 0 Å². The highest BCUT2D eigenvalue weighted by molar-refractivity contribution is 5.91. The molecule has 2 aliphatic rings. The van der Waals surface area contributed by atoms with E-state index in [1.165, 1.54) is 5.69 Å². The molecule has 2 saturated heterocycles. The maximum absolute atomic E-state index is 12.4. The Balaban J connectivity index is 1.42. The molecule has 1 atom stereocenters. The van der Waals surface area contributed by atoms with Gasteiger partial charge in [0.25, 0.3) is 0 Å². The van der Waals surface area contributed by atoms with E-state index in [1.807, 2.05) is 25.1 Å². The molecule has 0 unspecified atom stereocenters. The number of nitrogens with one attached hydrogen (secondary N) is 1. The Bertz CT molecular complexity index is 656. The first kappa shape index (κ1) is 18.2. The number of nitrogens with zero attached hydrogens (tertiary/aromatic N) is 3. The lowest BCUT2D eigenvalue weighted by Crippen LogP contribution is -2.51. The lowest BCUT2D eigenvalue weighted by molar-refractivity contribution is -0.134. The largest absolute Gasteiger partial charge is 0.368 e. The number of carbonyl (C=O) groups is 3. The summed E-state index contributed by atoms with van der Waals surface area (Å²) in [5.74, 6) is -0.602. The van der Waals surface area contributed by atoms with Gasteiger partial charge in [0.1, 0.15) is 0 Å². The topological polar surface area (TPSA) is 73.0 Å². The Morgan fingerprint density at radius 2 is 1.81 bits per heavy atom. The van der Waals surface area contributed by atoms with E-state index in [9.17, 15) is 14.4 Å². The molecule has 0 spiro atoms.